The average Bonchev–Trinajstić information content (AvgIpc) is 2.67. The summed E-state index contributed by atoms with van der Waals surface area (Å²) in [5.74, 6) is -0.0801. The van der Waals surface area contributed by atoms with Gasteiger partial charge < -0.3 is 15.0 Å². The Kier molecular flexibility index (Phi) is 7.39. The van der Waals surface area contributed by atoms with Gasteiger partial charge in [-0.2, -0.15) is 0 Å². The first-order valence-electron chi connectivity index (χ1n) is 9.09. The summed E-state index contributed by atoms with van der Waals surface area (Å²) in [6.45, 7) is 4.88. The minimum atomic E-state index is -3.75. The fourth-order valence-electron chi connectivity index (χ4n) is 2.96. The van der Waals surface area contributed by atoms with Gasteiger partial charge in [0.05, 0.1) is 13.7 Å². The van der Waals surface area contributed by atoms with Crippen LogP contribution in [0.2, 0.25) is 0 Å². The molecular formula is C18H28N4O5S. The highest BCUT2D eigenvalue weighted by Crippen LogP contribution is 2.27. The van der Waals surface area contributed by atoms with Crippen molar-refractivity contribution in [2.24, 2.45) is 0 Å². The minimum absolute atomic E-state index is 0.0315. The number of methoxy groups -OCH3 is 1. The molecule has 0 saturated carbocycles. The predicted molar refractivity (Wildman–Crippen MR) is 105 cm³/mol. The molecule has 0 spiro atoms. The van der Waals surface area contributed by atoms with E-state index in [1.54, 1.807) is 11.0 Å². The molecule has 0 atom stereocenters. The second-order valence-corrected chi connectivity index (χ2v) is 8.80. The zero-order valence-electron chi connectivity index (χ0n) is 16.8. The maximum atomic E-state index is 12.9. The zero-order chi connectivity index (χ0) is 20.9. The van der Waals surface area contributed by atoms with E-state index in [4.69, 9.17) is 4.74 Å². The van der Waals surface area contributed by atoms with Gasteiger partial charge in [-0.15, -0.1) is 0 Å². The van der Waals surface area contributed by atoms with Crippen LogP contribution in [0.3, 0.4) is 0 Å². The molecule has 1 aromatic rings. The second kappa shape index (κ2) is 9.35. The lowest BCUT2D eigenvalue weighted by Gasteiger charge is -2.34. The number of likely N-dealkylation sites (N-methyl/N-ethyl adjacent to an activating group) is 1. The summed E-state index contributed by atoms with van der Waals surface area (Å²) in [6.07, 6.45) is 0. The zero-order valence-corrected chi connectivity index (χ0v) is 17.6. The number of rotatable bonds is 7. The first-order chi connectivity index (χ1) is 13.2. The molecule has 9 nitrogen and oxygen atoms in total. The van der Waals surface area contributed by atoms with Crippen LogP contribution in [0.1, 0.15) is 17.3 Å². The van der Waals surface area contributed by atoms with Crippen LogP contribution >= 0.6 is 0 Å². The number of hydrogen-bond acceptors (Lipinski definition) is 6. The summed E-state index contributed by atoms with van der Waals surface area (Å²) in [4.78, 5) is 28.2. The largest absolute Gasteiger partial charge is 0.495 e. The number of nitrogens with one attached hydrogen (secondary N) is 1. The normalized spacial score (nSPS) is 15.5. The quantitative estimate of drug-likeness (QED) is 0.668. The van der Waals surface area contributed by atoms with Gasteiger partial charge >= 0.3 is 0 Å². The van der Waals surface area contributed by atoms with Crippen LogP contribution in [-0.4, -0.2) is 94.8 Å². The van der Waals surface area contributed by atoms with E-state index in [0.29, 0.717) is 44.8 Å². The Morgan fingerprint density at radius 1 is 1.18 bits per heavy atom. The molecule has 0 unspecified atom stereocenters. The maximum absolute atomic E-state index is 12.9. The Labute approximate surface area is 166 Å². The van der Waals surface area contributed by atoms with Gasteiger partial charge in [0.1, 0.15) is 10.6 Å². The fourth-order valence-corrected chi connectivity index (χ4v) is 4.03. The van der Waals surface area contributed by atoms with E-state index < -0.39 is 10.0 Å². The molecule has 1 aliphatic rings. The van der Waals surface area contributed by atoms with Gasteiger partial charge in [-0.1, -0.05) is 0 Å². The van der Waals surface area contributed by atoms with E-state index in [9.17, 15) is 18.0 Å². The molecule has 28 heavy (non-hydrogen) atoms. The third kappa shape index (κ3) is 5.00. The van der Waals surface area contributed by atoms with Crippen LogP contribution in [0.25, 0.3) is 0 Å². The molecular weight excluding hydrogens is 384 g/mol. The smallest absolute Gasteiger partial charge is 0.253 e. The number of piperazine rings is 1. The molecule has 1 heterocycles. The van der Waals surface area contributed by atoms with Crippen molar-refractivity contribution in [2.75, 3.05) is 60.5 Å². The van der Waals surface area contributed by atoms with E-state index in [1.165, 1.54) is 33.3 Å². The van der Waals surface area contributed by atoms with E-state index in [2.05, 4.69) is 5.32 Å². The molecule has 0 radical (unpaired) electrons. The van der Waals surface area contributed by atoms with Crippen molar-refractivity contribution in [3.8, 4) is 5.75 Å². The van der Waals surface area contributed by atoms with Crippen molar-refractivity contribution in [2.45, 2.75) is 11.8 Å². The third-order valence-electron chi connectivity index (χ3n) is 4.57. The van der Waals surface area contributed by atoms with E-state index in [1.807, 2.05) is 11.8 Å². The number of carbonyl (C=O) groups excluding carboxylic acids is 2. The van der Waals surface area contributed by atoms with Gasteiger partial charge in [-0.05, 0) is 25.1 Å². The standard InChI is InChI=1S/C18H28N4O5S/c1-5-19-17(23)13-21-8-10-22(11-9-21)18(24)14-6-7-15(27-4)16(12-14)28(25,26)20(2)3/h6-7,12H,5,8-11,13H2,1-4H3,(H,19,23). The topological polar surface area (TPSA) is 99.3 Å². The summed E-state index contributed by atoms with van der Waals surface area (Å²) in [7, 11) is 0.495. The van der Waals surface area contributed by atoms with Gasteiger partial charge in [0.15, 0.2) is 0 Å². The number of hydrogen-bond donors (Lipinski definition) is 1. The van der Waals surface area contributed by atoms with Crippen LogP contribution in [0.4, 0.5) is 0 Å². The van der Waals surface area contributed by atoms with Crippen LogP contribution < -0.4 is 10.1 Å². The Bertz CT molecular complexity index is 817. The van der Waals surface area contributed by atoms with Gasteiger partial charge in [0, 0.05) is 52.4 Å². The number of carbonyl (C=O) groups is 2. The molecule has 1 aromatic carbocycles. The summed E-state index contributed by atoms with van der Waals surface area (Å²) in [5.41, 5.74) is 0.290. The van der Waals surface area contributed by atoms with Gasteiger partial charge in [-0.25, -0.2) is 12.7 Å². The van der Waals surface area contributed by atoms with Gasteiger partial charge in [-0.3, -0.25) is 14.5 Å². The molecule has 1 fully saturated rings. The summed E-state index contributed by atoms with van der Waals surface area (Å²) in [5, 5.41) is 2.76. The lowest BCUT2D eigenvalue weighted by molar-refractivity contribution is -0.122. The van der Waals surface area contributed by atoms with Gasteiger partial charge in [0.25, 0.3) is 5.91 Å². The Morgan fingerprint density at radius 3 is 2.36 bits per heavy atom. The monoisotopic (exact) mass is 412 g/mol. The number of ether oxygens (including phenoxy) is 1. The lowest BCUT2D eigenvalue weighted by Crippen LogP contribution is -2.51. The molecule has 2 rings (SSSR count). The highest BCUT2D eigenvalue weighted by Gasteiger charge is 2.27. The van der Waals surface area contributed by atoms with Crippen LogP contribution in [0, 0.1) is 0 Å². The van der Waals surface area contributed by atoms with Crippen molar-refractivity contribution in [3.05, 3.63) is 23.8 Å². The Hall–Kier alpha value is -2.17. The van der Waals surface area contributed by atoms with Crippen LogP contribution in [0.5, 0.6) is 5.75 Å². The average molecular weight is 413 g/mol. The van der Waals surface area contributed by atoms with Crippen molar-refractivity contribution in [1.29, 1.82) is 0 Å². The van der Waals surface area contributed by atoms with Crippen molar-refractivity contribution < 1.29 is 22.7 Å². The molecule has 1 N–H and O–H groups in total. The molecule has 156 valence electrons. The highest BCUT2D eigenvalue weighted by atomic mass is 32.2. The SMILES string of the molecule is CCNC(=O)CN1CCN(C(=O)c2ccc(OC)c(S(=O)(=O)N(C)C)c2)CC1. The molecule has 1 aliphatic heterocycles. The minimum Gasteiger partial charge on any atom is -0.495 e. The lowest BCUT2D eigenvalue weighted by atomic mass is 10.1. The fraction of sp³-hybridized carbons (Fsp3) is 0.556. The number of nitrogens with zero attached hydrogens (tertiary/aromatic N) is 3. The van der Waals surface area contributed by atoms with Crippen molar-refractivity contribution in [1.82, 2.24) is 19.4 Å². The summed E-state index contributed by atoms with van der Waals surface area (Å²) < 4.78 is 31.3. The predicted octanol–water partition coefficient (Wildman–Crippen LogP) is -0.161. The summed E-state index contributed by atoms with van der Waals surface area (Å²) in [6, 6.07) is 4.42. The van der Waals surface area contributed by atoms with Crippen molar-refractivity contribution >= 4 is 21.8 Å². The van der Waals surface area contributed by atoms with E-state index in [0.717, 1.165) is 4.31 Å². The second-order valence-electron chi connectivity index (χ2n) is 6.67. The Morgan fingerprint density at radius 2 is 1.82 bits per heavy atom. The molecule has 10 heteroatoms. The third-order valence-corrected chi connectivity index (χ3v) is 6.41. The summed E-state index contributed by atoms with van der Waals surface area (Å²) >= 11 is 0. The Balaban J connectivity index is 2.12. The van der Waals surface area contributed by atoms with E-state index in [-0.39, 0.29) is 22.5 Å². The first kappa shape index (κ1) is 22.1. The molecule has 0 aromatic heterocycles. The molecule has 2 amide bonds. The van der Waals surface area contributed by atoms with E-state index >= 15 is 0 Å². The molecule has 1 saturated heterocycles. The van der Waals surface area contributed by atoms with Crippen LogP contribution in [0.15, 0.2) is 23.1 Å². The molecule has 0 bridgehead atoms. The number of benzene rings is 1. The van der Waals surface area contributed by atoms with Gasteiger partial charge in [0.2, 0.25) is 15.9 Å². The molecule has 0 aliphatic carbocycles. The number of sulfonamides is 1. The number of amides is 2. The maximum Gasteiger partial charge on any atom is 0.253 e. The first-order valence-corrected chi connectivity index (χ1v) is 10.5. The van der Waals surface area contributed by atoms with Crippen LogP contribution in [-0.2, 0) is 14.8 Å². The van der Waals surface area contributed by atoms with Crippen molar-refractivity contribution in [3.63, 3.8) is 0 Å². The highest BCUT2D eigenvalue weighted by molar-refractivity contribution is 7.89.